The molecule has 0 spiro atoms. The Morgan fingerprint density at radius 3 is 2.80 bits per heavy atom. The number of carbonyl (C=O) groups is 1. The molecule has 3 N–H and O–H groups in total. The molecule has 1 heterocycles. The van der Waals surface area contributed by atoms with Crippen LogP contribution in [0.1, 0.15) is 35.9 Å². The highest BCUT2D eigenvalue weighted by molar-refractivity contribution is 7.89. The number of nitrogens with two attached hydrogens (primary N) is 1. The van der Waals surface area contributed by atoms with Crippen LogP contribution in [0.5, 0.6) is 0 Å². The van der Waals surface area contributed by atoms with Gasteiger partial charge in [-0.25, -0.2) is 17.9 Å². The lowest BCUT2D eigenvalue weighted by Crippen LogP contribution is -2.39. The number of thiophene rings is 1. The number of rotatable bonds is 8. The van der Waals surface area contributed by atoms with Crippen LogP contribution in [-0.4, -0.2) is 34.1 Å². The number of ether oxygens (including phenoxy) is 1. The highest BCUT2D eigenvalue weighted by Gasteiger charge is 2.22. The summed E-state index contributed by atoms with van der Waals surface area (Å²) < 4.78 is 31.5. The Balaban J connectivity index is 2.82. The van der Waals surface area contributed by atoms with Crippen molar-refractivity contribution < 1.29 is 17.9 Å². The van der Waals surface area contributed by atoms with E-state index in [1.54, 1.807) is 0 Å². The van der Waals surface area contributed by atoms with Crippen LogP contribution in [0, 0.1) is 0 Å². The summed E-state index contributed by atoms with van der Waals surface area (Å²) in [5.41, 5.74) is 5.58. The third-order valence-corrected chi connectivity index (χ3v) is 5.34. The van der Waals surface area contributed by atoms with E-state index in [-0.39, 0.29) is 22.4 Å². The zero-order chi connectivity index (χ0) is 15.2. The smallest absolute Gasteiger partial charge is 0.348 e. The minimum absolute atomic E-state index is 0.0675. The molecule has 1 unspecified atom stereocenters. The molecule has 0 radical (unpaired) electrons. The van der Waals surface area contributed by atoms with Gasteiger partial charge in [-0.1, -0.05) is 19.8 Å². The number of methoxy groups -OCH3 is 1. The first-order chi connectivity index (χ1) is 9.44. The summed E-state index contributed by atoms with van der Waals surface area (Å²) in [5, 5.41) is 1.42. The summed E-state index contributed by atoms with van der Waals surface area (Å²) in [6, 6.07) is 1.02. The largest absolute Gasteiger partial charge is 0.465 e. The van der Waals surface area contributed by atoms with Crippen molar-refractivity contribution in [1.29, 1.82) is 0 Å². The molecule has 0 aromatic carbocycles. The van der Waals surface area contributed by atoms with Crippen molar-refractivity contribution >= 4 is 27.3 Å². The SMILES string of the molecule is CCCCC(CN)NS(=O)(=O)c1csc(C(=O)OC)c1. The Labute approximate surface area is 123 Å². The molecule has 114 valence electrons. The van der Waals surface area contributed by atoms with Crippen molar-refractivity contribution in [3.8, 4) is 0 Å². The second kappa shape index (κ2) is 7.72. The minimum Gasteiger partial charge on any atom is -0.465 e. The van der Waals surface area contributed by atoms with Gasteiger partial charge < -0.3 is 10.5 Å². The van der Waals surface area contributed by atoms with Crippen LogP contribution in [0.4, 0.5) is 0 Å². The molecule has 8 heteroatoms. The van der Waals surface area contributed by atoms with Crippen LogP contribution in [0.25, 0.3) is 0 Å². The van der Waals surface area contributed by atoms with Gasteiger partial charge in [0.15, 0.2) is 0 Å². The number of sulfonamides is 1. The van der Waals surface area contributed by atoms with Crippen molar-refractivity contribution in [3.63, 3.8) is 0 Å². The van der Waals surface area contributed by atoms with Crippen LogP contribution < -0.4 is 10.5 Å². The molecule has 0 bridgehead atoms. The first-order valence-corrected chi connectivity index (χ1v) is 8.70. The minimum atomic E-state index is -3.65. The molecule has 6 nitrogen and oxygen atoms in total. The number of nitrogens with one attached hydrogen (secondary N) is 1. The molecule has 0 saturated heterocycles. The Hall–Kier alpha value is -0.960. The maximum atomic E-state index is 12.2. The molecular weight excluding hydrogens is 300 g/mol. The molecule has 1 atom stereocenters. The molecule has 0 saturated carbocycles. The molecular formula is C12H20N2O4S2. The van der Waals surface area contributed by atoms with E-state index < -0.39 is 16.0 Å². The van der Waals surface area contributed by atoms with Crippen LogP contribution in [0.2, 0.25) is 0 Å². The van der Waals surface area contributed by atoms with Gasteiger partial charge >= 0.3 is 5.97 Å². The highest BCUT2D eigenvalue weighted by Crippen LogP contribution is 2.20. The van der Waals surface area contributed by atoms with E-state index in [0.29, 0.717) is 6.42 Å². The maximum Gasteiger partial charge on any atom is 0.348 e. The van der Waals surface area contributed by atoms with Gasteiger partial charge in [0.25, 0.3) is 0 Å². The fourth-order valence-electron chi connectivity index (χ4n) is 1.63. The van der Waals surface area contributed by atoms with E-state index in [1.165, 1.54) is 18.6 Å². The van der Waals surface area contributed by atoms with Crippen molar-refractivity contribution in [3.05, 3.63) is 16.3 Å². The van der Waals surface area contributed by atoms with Crippen LogP contribution in [0.15, 0.2) is 16.3 Å². The fourth-order valence-corrected chi connectivity index (χ4v) is 4.10. The van der Waals surface area contributed by atoms with E-state index in [0.717, 1.165) is 24.2 Å². The Bertz CT molecular complexity index is 539. The Morgan fingerprint density at radius 2 is 2.25 bits per heavy atom. The lowest BCUT2D eigenvalue weighted by molar-refractivity contribution is 0.0606. The van der Waals surface area contributed by atoms with Gasteiger partial charge in [0.1, 0.15) is 4.88 Å². The second-order valence-electron chi connectivity index (χ2n) is 4.33. The summed E-state index contributed by atoms with van der Waals surface area (Å²) in [5.74, 6) is -0.544. The first kappa shape index (κ1) is 17.1. The summed E-state index contributed by atoms with van der Waals surface area (Å²) in [4.78, 5) is 11.6. The molecule has 0 aliphatic carbocycles. The average Bonchev–Trinajstić information content (AvgIpc) is 2.93. The number of hydrogen-bond donors (Lipinski definition) is 2. The van der Waals surface area contributed by atoms with E-state index in [1.807, 2.05) is 6.92 Å². The van der Waals surface area contributed by atoms with Crippen molar-refractivity contribution in [2.24, 2.45) is 5.73 Å². The zero-order valence-electron chi connectivity index (χ0n) is 11.6. The monoisotopic (exact) mass is 320 g/mol. The molecule has 0 fully saturated rings. The molecule has 1 aromatic heterocycles. The third-order valence-electron chi connectivity index (χ3n) is 2.78. The molecule has 0 aliphatic rings. The van der Waals surface area contributed by atoms with Crippen LogP contribution in [0.3, 0.4) is 0 Å². The van der Waals surface area contributed by atoms with E-state index in [9.17, 15) is 13.2 Å². The Kier molecular flexibility index (Phi) is 6.60. The van der Waals surface area contributed by atoms with Gasteiger partial charge in [-0.15, -0.1) is 11.3 Å². The van der Waals surface area contributed by atoms with Gasteiger partial charge in [0.2, 0.25) is 10.0 Å². The molecule has 1 rings (SSSR count). The van der Waals surface area contributed by atoms with E-state index in [4.69, 9.17) is 5.73 Å². The van der Waals surface area contributed by atoms with Crippen LogP contribution >= 0.6 is 11.3 Å². The second-order valence-corrected chi connectivity index (χ2v) is 6.96. The van der Waals surface area contributed by atoms with Gasteiger partial charge in [-0.3, -0.25) is 0 Å². The third kappa shape index (κ3) is 4.55. The highest BCUT2D eigenvalue weighted by atomic mass is 32.2. The fraction of sp³-hybridized carbons (Fsp3) is 0.583. The quantitative estimate of drug-likeness (QED) is 0.704. The summed E-state index contributed by atoms with van der Waals surface area (Å²) in [7, 11) is -2.40. The van der Waals surface area contributed by atoms with Gasteiger partial charge in [0, 0.05) is 18.0 Å². The standard InChI is InChI=1S/C12H20N2O4S2/c1-3-4-5-9(7-13)14-20(16,17)10-6-11(19-8-10)12(15)18-2/h6,8-9,14H,3-5,7,13H2,1-2H3. The topological polar surface area (TPSA) is 98.5 Å². The van der Waals surface area contributed by atoms with E-state index in [2.05, 4.69) is 9.46 Å². The predicted molar refractivity (Wildman–Crippen MR) is 78.3 cm³/mol. The number of esters is 1. The average molecular weight is 320 g/mol. The molecule has 0 amide bonds. The predicted octanol–water partition coefficient (Wildman–Crippen LogP) is 1.33. The summed E-state index contributed by atoms with van der Waals surface area (Å²) >= 11 is 1.04. The number of hydrogen-bond acceptors (Lipinski definition) is 6. The van der Waals surface area contributed by atoms with Gasteiger partial charge in [0.05, 0.1) is 12.0 Å². The summed E-state index contributed by atoms with van der Waals surface area (Å²) in [6.45, 7) is 2.27. The van der Waals surface area contributed by atoms with Gasteiger partial charge in [-0.2, -0.15) is 0 Å². The Morgan fingerprint density at radius 1 is 1.55 bits per heavy atom. The zero-order valence-corrected chi connectivity index (χ0v) is 13.2. The van der Waals surface area contributed by atoms with Gasteiger partial charge in [-0.05, 0) is 12.5 Å². The van der Waals surface area contributed by atoms with E-state index >= 15 is 0 Å². The summed E-state index contributed by atoms with van der Waals surface area (Å²) in [6.07, 6.45) is 2.57. The normalized spacial score (nSPS) is 13.2. The number of unbranched alkanes of at least 4 members (excludes halogenated alkanes) is 1. The molecule has 0 aliphatic heterocycles. The lowest BCUT2D eigenvalue weighted by Gasteiger charge is -2.15. The first-order valence-electron chi connectivity index (χ1n) is 6.33. The molecule has 1 aromatic rings. The molecule has 20 heavy (non-hydrogen) atoms. The lowest BCUT2D eigenvalue weighted by atomic mass is 10.1. The van der Waals surface area contributed by atoms with Crippen LogP contribution in [-0.2, 0) is 14.8 Å². The van der Waals surface area contributed by atoms with Crippen molar-refractivity contribution in [2.75, 3.05) is 13.7 Å². The number of carbonyl (C=O) groups excluding carboxylic acids is 1. The maximum absolute atomic E-state index is 12.2. The van der Waals surface area contributed by atoms with Crippen molar-refractivity contribution in [1.82, 2.24) is 4.72 Å². The van der Waals surface area contributed by atoms with Crippen molar-refractivity contribution in [2.45, 2.75) is 37.1 Å².